The lowest BCUT2D eigenvalue weighted by Crippen LogP contribution is -2.40. The van der Waals surface area contributed by atoms with Gasteiger partial charge in [0, 0.05) is 10.9 Å². The summed E-state index contributed by atoms with van der Waals surface area (Å²) in [5.74, 6) is -0.273. The quantitative estimate of drug-likeness (QED) is 0.522. The summed E-state index contributed by atoms with van der Waals surface area (Å²) in [6, 6.07) is 11.6. The Morgan fingerprint density at radius 1 is 1.12 bits per heavy atom. The van der Waals surface area contributed by atoms with Crippen molar-refractivity contribution in [2.45, 2.75) is 25.4 Å². The van der Waals surface area contributed by atoms with Crippen molar-refractivity contribution < 1.29 is 32.2 Å². The molecule has 1 N–H and O–H groups in total. The summed E-state index contributed by atoms with van der Waals surface area (Å²) in [5.41, 5.74) is 0.265. The highest BCUT2D eigenvalue weighted by molar-refractivity contribution is 7.13. The van der Waals surface area contributed by atoms with Crippen LogP contribution < -0.4 is 14.8 Å². The van der Waals surface area contributed by atoms with Crippen LogP contribution in [0, 0.1) is 0 Å². The van der Waals surface area contributed by atoms with Crippen molar-refractivity contribution in [2.75, 3.05) is 7.11 Å². The molecule has 2 heterocycles. The second-order valence-corrected chi connectivity index (χ2v) is 8.25. The summed E-state index contributed by atoms with van der Waals surface area (Å²) < 4.78 is 46.2. The standard InChI is InChI=1S/C22H18F3N3O4S/c1-21(14-6-8-16(9-7-14)32-22(23,24)25)19(29)28(20(30)27-21)11-15-12-33-18(26-15)13-4-3-5-17(10-13)31-2/h3-10,12H,11H2,1-2H3,(H,27,30). The van der Waals surface area contributed by atoms with Crippen molar-refractivity contribution in [2.24, 2.45) is 0 Å². The third-order valence-electron chi connectivity index (χ3n) is 5.13. The second-order valence-electron chi connectivity index (χ2n) is 7.39. The number of amides is 3. The smallest absolute Gasteiger partial charge is 0.497 e. The summed E-state index contributed by atoms with van der Waals surface area (Å²) in [7, 11) is 1.57. The Kier molecular flexibility index (Phi) is 5.75. The zero-order valence-corrected chi connectivity index (χ0v) is 18.3. The Bertz CT molecular complexity index is 1200. The van der Waals surface area contributed by atoms with Gasteiger partial charge in [0.15, 0.2) is 0 Å². The molecule has 2 aromatic carbocycles. The van der Waals surface area contributed by atoms with Gasteiger partial charge >= 0.3 is 12.4 Å². The molecule has 1 aromatic heterocycles. The van der Waals surface area contributed by atoms with Crippen LogP contribution in [0.4, 0.5) is 18.0 Å². The molecule has 172 valence electrons. The molecule has 0 saturated carbocycles. The average Bonchev–Trinajstić information content (AvgIpc) is 3.32. The van der Waals surface area contributed by atoms with Crippen molar-refractivity contribution in [3.63, 3.8) is 0 Å². The number of urea groups is 1. The van der Waals surface area contributed by atoms with Crippen LogP contribution >= 0.6 is 11.3 Å². The predicted octanol–water partition coefficient (Wildman–Crippen LogP) is 4.68. The zero-order valence-electron chi connectivity index (χ0n) is 17.5. The number of carbonyl (C=O) groups is 2. The van der Waals surface area contributed by atoms with Crippen molar-refractivity contribution in [1.82, 2.24) is 15.2 Å². The number of halogens is 3. The van der Waals surface area contributed by atoms with Gasteiger partial charge in [-0.05, 0) is 36.8 Å². The Morgan fingerprint density at radius 3 is 2.52 bits per heavy atom. The van der Waals surface area contributed by atoms with Crippen molar-refractivity contribution in [1.29, 1.82) is 0 Å². The van der Waals surface area contributed by atoms with E-state index in [1.165, 1.54) is 30.4 Å². The largest absolute Gasteiger partial charge is 0.573 e. The molecule has 1 aliphatic heterocycles. The first-order valence-corrected chi connectivity index (χ1v) is 10.6. The molecular weight excluding hydrogens is 459 g/mol. The zero-order chi connectivity index (χ0) is 23.8. The number of nitrogens with zero attached hydrogens (tertiary/aromatic N) is 2. The lowest BCUT2D eigenvalue weighted by molar-refractivity contribution is -0.274. The number of ether oxygens (including phenoxy) is 2. The molecule has 33 heavy (non-hydrogen) atoms. The number of methoxy groups -OCH3 is 1. The van der Waals surface area contributed by atoms with Crippen LogP contribution in [0.2, 0.25) is 0 Å². The number of thiazole rings is 1. The van der Waals surface area contributed by atoms with Gasteiger partial charge in [0.05, 0.1) is 19.3 Å². The number of carbonyl (C=O) groups excluding carboxylic acids is 2. The fraction of sp³-hybridized carbons (Fsp3) is 0.227. The van der Waals surface area contributed by atoms with E-state index in [4.69, 9.17) is 4.74 Å². The first-order valence-electron chi connectivity index (χ1n) is 9.68. The third-order valence-corrected chi connectivity index (χ3v) is 6.07. The molecule has 0 spiro atoms. The molecular formula is C22H18F3N3O4S. The molecule has 11 heteroatoms. The van der Waals surface area contributed by atoms with Crippen LogP contribution in [-0.2, 0) is 16.9 Å². The predicted molar refractivity (Wildman–Crippen MR) is 114 cm³/mol. The SMILES string of the molecule is COc1cccc(-c2nc(CN3C(=O)NC(C)(c4ccc(OC(F)(F)F)cc4)C3=O)cs2)c1. The number of aromatic nitrogens is 1. The van der Waals surface area contributed by atoms with E-state index >= 15 is 0 Å². The molecule has 1 saturated heterocycles. The second kappa shape index (κ2) is 8.39. The lowest BCUT2D eigenvalue weighted by atomic mass is 9.92. The van der Waals surface area contributed by atoms with E-state index in [0.29, 0.717) is 22.0 Å². The van der Waals surface area contributed by atoms with Gasteiger partial charge in [0.1, 0.15) is 22.0 Å². The van der Waals surface area contributed by atoms with Crippen molar-refractivity contribution >= 4 is 23.3 Å². The number of imide groups is 1. The molecule has 7 nitrogen and oxygen atoms in total. The minimum atomic E-state index is -4.82. The van der Waals surface area contributed by atoms with Crippen molar-refractivity contribution in [3.05, 3.63) is 65.2 Å². The molecule has 4 rings (SSSR count). The number of benzene rings is 2. The fourth-order valence-electron chi connectivity index (χ4n) is 3.46. The van der Waals surface area contributed by atoms with Gasteiger partial charge in [0.25, 0.3) is 5.91 Å². The molecule has 0 aliphatic carbocycles. The topological polar surface area (TPSA) is 80.8 Å². The molecule has 3 aromatic rings. The fourth-order valence-corrected chi connectivity index (χ4v) is 4.26. The van der Waals surface area contributed by atoms with Crippen LogP contribution in [0.3, 0.4) is 0 Å². The minimum absolute atomic E-state index is 0.0456. The average molecular weight is 477 g/mol. The van der Waals surface area contributed by atoms with Gasteiger partial charge in [0.2, 0.25) is 0 Å². The van der Waals surface area contributed by atoms with Crippen LogP contribution in [0.25, 0.3) is 10.6 Å². The Balaban J connectivity index is 1.51. The lowest BCUT2D eigenvalue weighted by Gasteiger charge is -2.22. The maximum absolute atomic E-state index is 13.1. The van der Waals surface area contributed by atoms with Crippen LogP contribution in [0.5, 0.6) is 11.5 Å². The number of nitrogens with one attached hydrogen (secondary N) is 1. The highest BCUT2D eigenvalue weighted by Crippen LogP contribution is 2.33. The van der Waals surface area contributed by atoms with Crippen LogP contribution in [0.15, 0.2) is 53.9 Å². The monoisotopic (exact) mass is 477 g/mol. The summed E-state index contributed by atoms with van der Waals surface area (Å²) in [6.45, 7) is 1.45. The number of hydrogen-bond donors (Lipinski definition) is 1. The van der Waals surface area contributed by atoms with Crippen LogP contribution in [0.1, 0.15) is 18.2 Å². The van der Waals surface area contributed by atoms with E-state index in [0.717, 1.165) is 22.6 Å². The van der Waals surface area contributed by atoms with E-state index in [2.05, 4.69) is 15.0 Å². The molecule has 1 fully saturated rings. The third kappa shape index (κ3) is 4.63. The van der Waals surface area contributed by atoms with Gasteiger partial charge in [-0.2, -0.15) is 0 Å². The van der Waals surface area contributed by atoms with Crippen LogP contribution in [-0.4, -0.2) is 35.3 Å². The maximum atomic E-state index is 13.1. The van der Waals surface area contributed by atoms with Gasteiger partial charge in [-0.3, -0.25) is 9.69 Å². The normalized spacial score (nSPS) is 18.4. The van der Waals surface area contributed by atoms with E-state index in [1.807, 2.05) is 24.3 Å². The highest BCUT2D eigenvalue weighted by Gasteiger charge is 2.49. The first kappa shape index (κ1) is 22.6. The van der Waals surface area contributed by atoms with Gasteiger partial charge < -0.3 is 14.8 Å². The molecule has 1 atom stereocenters. The van der Waals surface area contributed by atoms with E-state index in [-0.39, 0.29) is 6.54 Å². The Hall–Kier alpha value is -3.60. The summed E-state index contributed by atoms with van der Waals surface area (Å²) in [6.07, 6.45) is -4.82. The van der Waals surface area contributed by atoms with Gasteiger partial charge in [-0.1, -0.05) is 24.3 Å². The highest BCUT2D eigenvalue weighted by atomic mass is 32.1. The molecule has 3 amide bonds. The molecule has 1 unspecified atom stereocenters. The minimum Gasteiger partial charge on any atom is -0.497 e. The molecule has 1 aliphatic rings. The van der Waals surface area contributed by atoms with E-state index in [1.54, 1.807) is 12.5 Å². The maximum Gasteiger partial charge on any atom is 0.573 e. The molecule has 0 radical (unpaired) electrons. The number of rotatable bonds is 6. The molecule has 0 bridgehead atoms. The number of hydrogen-bond acceptors (Lipinski definition) is 6. The summed E-state index contributed by atoms with van der Waals surface area (Å²) in [5, 5.41) is 5.09. The first-order chi connectivity index (χ1) is 15.6. The van der Waals surface area contributed by atoms with Crippen molar-refractivity contribution in [3.8, 4) is 22.1 Å². The summed E-state index contributed by atoms with van der Waals surface area (Å²) in [4.78, 5) is 31.2. The Labute approximate surface area is 190 Å². The van der Waals surface area contributed by atoms with E-state index < -0.39 is 29.6 Å². The van der Waals surface area contributed by atoms with E-state index in [9.17, 15) is 22.8 Å². The Morgan fingerprint density at radius 2 is 1.85 bits per heavy atom. The number of alkyl halides is 3. The summed E-state index contributed by atoms with van der Waals surface area (Å²) >= 11 is 1.37. The van der Waals surface area contributed by atoms with Gasteiger partial charge in [-0.15, -0.1) is 24.5 Å². The van der Waals surface area contributed by atoms with Gasteiger partial charge in [-0.25, -0.2) is 9.78 Å².